The average molecular weight is 252 g/mol. The molecule has 17 heavy (non-hydrogen) atoms. The SMILES string of the molecule is CCNC1(c2nc(C(C)(C)C)cs2)CC(C)C1. The molecule has 1 aliphatic carbocycles. The topological polar surface area (TPSA) is 24.9 Å². The van der Waals surface area contributed by atoms with E-state index in [0.29, 0.717) is 0 Å². The van der Waals surface area contributed by atoms with Gasteiger partial charge in [-0.25, -0.2) is 4.98 Å². The Morgan fingerprint density at radius 1 is 1.47 bits per heavy atom. The standard InChI is InChI=1S/C14H24N2S/c1-6-15-14(7-10(2)8-14)12-16-11(9-17-12)13(3,4)5/h9-10,15H,6-8H2,1-5H3. The van der Waals surface area contributed by atoms with Crippen molar-refractivity contribution in [2.24, 2.45) is 5.92 Å². The van der Waals surface area contributed by atoms with Crippen LogP contribution >= 0.6 is 11.3 Å². The predicted molar refractivity (Wildman–Crippen MR) is 74.6 cm³/mol. The molecule has 96 valence electrons. The molecule has 3 heteroatoms. The zero-order valence-corrected chi connectivity index (χ0v) is 12.4. The van der Waals surface area contributed by atoms with E-state index in [1.807, 2.05) is 11.3 Å². The lowest BCUT2D eigenvalue weighted by atomic mass is 9.69. The number of hydrogen-bond acceptors (Lipinski definition) is 3. The fourth-order valence-electron chi connectivity index (χ4n) is 2.70. The lowest BCUT2D eigenvalue weighted by Gasteiger charge is -2.45. The summed E-state index contributed by atoms with van der Waals surface area (Å²) in [5.41, 5.74) is 1.58. The Morgan fingerprint density at radius 3 is 2.53 bits per heavy atom. The first-order chi connectivity index (χ1) is 7.87. The summed E-state index contributed by atoms with van der Waals surface area (Å²) in [5.74, 6) is 0.830. The van der Waals surface area contributed by atoms with E-state index in [1.54, 1.807) is 0 Å². The highest BCUT2D eigenvalue weighted by molar-refractivity contribution is 7.09. The molecular formula is C14H24N2S. The third-order valence-corrected chi connectivity index (χ3v) is 4.64. The van der Waals surface area contributed by atoms with Gasteiger partial charge in [0.05, 0.1) is 11.2 Å². The fraction of sp³-hybridized carbons (Fsp3) is 0.786. The lowest BCUT2D eigenvalue weighted by molar-refractivity contribution is 0.116. The van der Waals surface area contributed by atoms with Gasteiger partial charge in [0.2, 0.25) is 0 Å². The van der Waals surface area contributed by atoms with Crippen molar-refractivity contribution in [1.29, 1.82) is 0 Å². The molecule has 1 aliphatic rings. The molecule has 0 bridgehead atoms. The van der Waals surface area contributed by atoms with Crippen LogP contribution in [-0.2, 0) is 11.0 Å². The Labute approximate surface area is 109 Å². The van der Waals surface area contributed by atoms with E-state index in [4.69, 9.17) is 4.98 Å². The van der Waals surface area contributed by atoms with Crippen molar-refractivity contribution in [2.75, 3.05) is 6.54 Å². The summed E-state index contributed by atoms with van der Waals surface area (Å²) < 4.78 is 0. The van der Waals surface area contributed by atoms with Crippen LogP contribution in [0, 0.1) is 5.92 Å². The third kappa shape index (κ3) is 2.41. The maximum Gasteiger partial charge on any atom is 0.113 e. The quantitative estimate of drug-likeness (QED) is 0.887. The number of nitrogens with one attached hydrogen (secondary N) is 1. The van der Waals surface area contributed by atoms with Gasteiger partial charge in [-0.1, -0.05) is 34.6 Å². The molecule has 1 aromatic heterocycles. The third-order valence-electron chi connectivity index (χ3n) is 3.59. The highest BCUT2D eigenvalue weighted by atomic mass is 32.1. The summed E-state index contributed by atoms with van der Waals surface area (Å²) >= 11 is 1.83. The van der Waals surface area contributed by atoms with E-state index in [1.165, 1.54) is 23.5 Å². The van der Waals surface area contributed by atoms with Gasteiger partial charge in [-0.3, -0.25) is 0 Å². The molecule has 1 heterocycles. The van der Waals surface area contributed by atoms with Crippen molar-refractivity contribution in [3.05, 3.63) is 16.1 Å². The second-order valence-electron chi connectivity index (χ2n) is 6.41. The summed E-state index contributed by atoms with van der Waals surface area (Å²) in [4.78, 5) is 4.88. The van der Waals surface area contributed by atoms with E-state index >= 15 is 0 Å². The highest BCUT2D eigenvalue weighted by Crippen LogP contribution is 2.46. The van der Waals surface area contributed by atoms with Gasteiger partial charge < -0.3 is 5.32 Å². The first-order valence-electron chi connectivity index (χ1n) is 6.59. The van der Waals surface area contributed by atoms with Crippen LogP contribution in [0.25, 0.3) is 0 Å². The van der Waals surface area contributed by atoms with Crippen molar-refractivity contribution < 1.29 is 0 Å². The molecular weight excluding hydrogens is 228 g/mol. The molecule has 1 N–H and O–H groups in total. The van der Waals surface area contributed by atoms with Crippen molar-refractivity contribution in [3.8, 4) is 0 Å². The van der Waals surface area contributed by atoms with Crippen LogP contribution in [0.4, 0.5) is 0 Å². The van der Waals surface area contributed by atoms with Gasteiger partial charge in [0.15, 0.2) is 0 Å². The summed E-state index contributed by atoms with van der Waals surface area (Å²) in [7, 11) is 0. The van der Waals surface area contributed by atoms with Crippen LogP contribution in [0.15, 0.2) is 5.38 Å². The number of aromatic nitrogens is 1. The van der Waals surface area contributed by atoms with E-state index in [9.17, 15) is 0 Å². The Hall–Kier alpha value is -0.410. The second-order valence-corrected chi connectivity index (χ2v) is 7.27. The van der Waals surface area contributed by atoms with Crippen molar-refractivity contribution in [3.63, 3.8) is 0 Å². The van der Waals surface area contributed by atoms with Crippen LogP contribution in [-0.4, -0.2) is 11.5 Å². The van der Waals surface area contributed by atoms with E-state index in [2.05, 4.69) is 45.3 Å². The maximum absolute atomic E-state index is 4.88. The van der Waals surface area contributed by atoms with Crippen molar-refractivity contribution in [2.45, 2.75) is 58.4 Å². The molecule has 0 radical (unpaired) electrons. The normalized spacial score (nSPS) is 29.1. The number of nitrogens with zero attached hydrogens (tertiary/aromatic N) is 1. The number of thiazole rings is 1. The van der Waals surface area contributed by atoms with Gasteiger partial charge in [-0.15, -0.1) is 11.3 Å². The Balaban J connectivity index is 2.23. The van der Waals surface area contributed by atoms with Gasteiger partial charge in [-0.05, 0) is 25.3 Å². The molecule has 0 amide bonds. The zero-order valence-electron chi connectivity index (χ0n) is 11.6. The Morgan fingerprint density at radius 2 is 2.12 bits per heavy atom. The van der Waals surface area contributed by atoms with Crippen molar-refractivity contribution >= 4 is 11.3 Å². The minimum absolute atomic E-state index is 0.164. The minimum Gasteiger partial charge on any atom is -0.306 e. The smallest absolute Gasteiger partial charge is 0.113 e. The fourth-order valence-corrected chi connectivity index (χ4v) is 3.95. The molecule has 0 spiro atoms. The molecule has 0 aromatic carbocycles. The second kappa shape index (κ2) is 4.36. The van der Waals surface area contributed by atoms with Crippen LogP contribution < -0.4 is 5.32 Å². The van der Waals surface area contributed by atoms with E-state index in [0.717, 1.165) is 12.5 Å². The largest absolute Gasteiger partial charge is 0.306 e. The van der Waals surface area contributed by atoms with Gasteiger partial charge in [0, 0.05) is 10.8 Å². The minimum atomic E-state index is 0.164. The highest BCUT2D eigenvalue weighted by Gasteiger charge is 2.45. The summed E-state index contributed by atoms with van der Waals surface area (Å²) in [6, 6.07) is 0. The molecule has 2 rings (SSSR count). The number of rotatable bonds is 3. The molecule has 1 saturated carbocycles. The lowest BCUT2D eigenvalue weighted by Crippen LogP contribution is -2.51. The zero-order chi connectivity index (χ0) is 12.7. The molecule has 0 aliphatic heterocycles. The van der Waals surface area contributed by atoms with Crippen LogP contribution in [0.5, 0.6) is 0 Å². The Bertz CT molecular complexity index is 378. The first kappa shape index (κ1) is 13.0. The molecule has 1 aromatic rings. The Kier molecular flexibility index (Phi) is 3.34. The van der Waals surface area contributed by atoms with Gasteiger partial charge >= 0.3 is 0 Å². The van der Waals surface area contributed by atoms with Gasteiger partial charge in [-0.2, -0.15) is 0 Å². The van der Waals surface area contributed by atoms with Crippen LogP contribution in [0.3, 0.4) is 0 Å². The van der Waals surface area contributed by atoms with E-state index < -0.39 is 0 Å². The van der Waals surface area contributed by atoms with Crippen LogP contribution in [0.2, 0.25) is 0 Å². The molecule has 1 fully saturated rings. The average Bonchev–Trinajstić information content (AvgIpc) is 2.63. The molecule has 0 atom stereocenters. The molecule has 0 saturated heterocycles. The summed E-state index contributed by atoms with van der Waals surface area (Å²) in [6.07, 6.45) is 2.47. The number of hydrogen-bond donors (Lipinski definition) is 1. The van der Waals surface area contributed by atoms with Crippen molar-refractivity contribution in [1.82, 2.24) is 10.3 Å². The summed E-state index contributed by atoms with van der Waals surface area (Å²) in [5, 5.41) is 7.18. The summed E-state index contributed by atoms with van der Waals surface area (Å²) in [6.45, 7) is 12.2. The predicted octanol–water partition coefficient (Wildman–Crippen LogP) is 3.68. The van der Waals surface area contributed by atoms with Gasteiger partial charge in [0.1, 0.15) is 5.01 Å². The maximum atomic E-state index is 4.88. The van der Waals surface area contributed by atoms with Crippen LogP contribution in [0.1, 0.15) is 58.2 Å². The molecule has 0 unspecified atom stereocenters. The first-order valence-corrected chi connectivity index (χ1v) is 7.47. The van der Waals surface area contributed by atoms with E-state index in [-0.39, 0.29) is 11.0 Å². The van der Waals surface area contributed by atoms with Gasteiger partial charge in [0.25, 0.3) is 0 Å². The monoisotopic (exact) mass is 252 g/mol. The molecule has 2 nitrogen and oxygen atoms in total.